The quantitative estimate of drug-likeness (QED) is 0.390. The van der Waals surface area contributed by atoms with Gasteiger partial charge in [0, 0.05) is 16.6 Å². The minimum atomic E-state index is -3.79. The van der Waals surface area contributed by atoms with E-state index in [4.69, 9.17) is 5.14 Å². The summed E-state index contributed by atoms with van der Waals surface area (Å²) < 4.78 is 36.1. The molecule has 0 bridgehead atoms. The molecule has 0 spiro atoms. The van der Waals surface area contributed by atoms with Gasteiger partial charge in [-0.05, 0) is 48.5 Å². The molecule has 3 aromatic rings. The molecular weight excluding hydrogens is 449 g/mol. The minimum absolute atomic E-state index is 0.0277. The van der Waals surface area contributed by atoms with Gasteiger partial charge in [-0.25, -0.2) is 22.9 Å². The molecule has 11 heteroatoms. The number of nitrogens with one attached hydrogen (secondary N) is 1. The number of amides is 1. The maximum Gasteiger partial charge on any atom is 0.238 e. The average Bonchev–Trinajstić information content (AvgIpc) is 3.13. The molecule has 0 unspecified atom stereocenters. The Balaban J connectivity index is 1.51. The summed E-state index contributed by atoms with van der Waals surface area (Å²) in [6.45, 7) is 0. The molecule has 0 saturated carbocycles. The molecule has 3 rings (SSSR count). The lowest BCUT2D eigenvalue weighted by Crippen LogP contribution is -2.15. The predicted molar refractivity (Wildman–Crippen MR) is 114 cm³/mol. The fraction of sp³-hybridized carbons (Fsp3) is 0.105. The summed E-state index contributed by atoms with van der Waals surface area (Å²) in [6.07, 6.45) is 0.0277. The fourth-order valence-corrected chi connectivity index (χ4v) is 4.63. The number of carbonyl (C=O) groups is 2. The lowest BCUT2D eigenvalue weighted by molar-refractivity contribution is -0.115. The van der Waals surface area contributed by atoms with E-state index in [0.29, 0.717) is 21.3 Å². The predicted octanol–water partition coefficient (Wildman–Crippen LogP) is 3.09. The summed E-state index contributed by atoms with van der Waals surface area (Å²) in [5, 5.41) is 9.42. The molecule has 0 atom stereocenters. The number of sulfonamides is 1. The number of nitrogens with zero attached hydrogens (tertiary/aromatic N) is 1. The number of nitrogens with two attached hydrogens (primary N) is 1. The van der Waals surface area contributed by atoms with Crippen LogP contribution < -0.4 is 10.5 Å². The van der Waals surface area contributed by atoms with Crippen molar-refractivity contribution >= 4 is 50.5 Å². The zero-order valence-corrected chi connectivity index (χ0v) is 17.8. The van der Waals surface area contributed by atoms with Crippen molar-refractivity contribution in [3.63, 3.8) is 0 Å². The molecule has 0 aliphatic heterocycles. The number of thioether (sulfide) groups is 1. The second-order valence-electron chi connectivity index (χ2n) is 6.12. The van der Waals surface area contributed by atoms with Crippen LogP contribution in [0, 0.1) is 5.82 Å². The molecule has 1 aromatic heterocycles. The first kappa shape index (κ1) is 22.1. The van der Waals surface area contributed by atoms with Gasteiger partial charge >= 0.3 is 0 Å². The van der Waals surface area contributed by atoms with Crippen molar-refractivity contribution in [1.29, 1.82) is 0 Å². The monoisotopic (exact) mass is 465 g/mol. The largest absolute Gasteiger partial charge is 0.326 e. The van der Waals surface area contributed by atoms with E-state index in [1.54, 1.807) is 5.38 Å². The van der Waals surface area contributed by atoms with E-state index in [2.05, 4.69) is 10.3 Å². The van der Waals surface area contributed by atoms with Crippen molar-refractivity contribution in [2.45, 2.75) is 15.7 Å². The minimum Gasteiger partial charge on any atom is -0.326 e. The summed E-state index contributed by atoms with van der Waals surface area (Å²) in [6, 6.07) is 10.8. The van der Waals surface area contributed by atoms with Crippen LogP contribution in [0.15, 0.2) is 63.1 Å². The number of aromatic nitrogens is 1. The van der Waals surface area contributed by atoms with Gasteiger partial charge in [0.05, 0.1) is 22.8 Å². The number of benzene rings is 2. The van der Waals surface area contributed by atoms with Gasteiger partial charge in [0.1, 0.15) is 5.82 Å². The van der Waals surface area contributed by atoms with Gasteiger partial charge in [-0.1, -0.05) is 11.8 Å². The highest BCUT2D eigenvalue weighted by atomic mass is 32.2. The number of rotatable bonds is 8. The highest BCUT2D eigenvalue weighted by Crippen LogP contribution is 2.24. The van der Waals surface area contributed by atoms with E-state index < -0.39 is 15.8 Å². The third kappa shape index (κ3) is 6.20. The number of halogens is 1. The van der Waals surface area contributed by atoms with Crippen LogP contribution in [0.2, 0.25) is 0 Å². The number of anilines is 1. The van der Waals surface area contributed by atoms with E-state index in [-0.39, 0.29) is 28.8 Å². The number of ketones is 1. The molecule has 0 saturated heterocycles. The number of primary sulfonamides is 1. The van der Waals surface area contributed by atoms with Crippen LogP contribution in [0.1, 0.15) is 16.1 Å². The van der Waals surface area contributed by atoms with Crippen molar-refractivity contribution < 1.29 is 22.4 Å². The molecule has 1 heterocycles. The topological polar surface area (TPSA) is 119 Å². The van der Waals surface area contributed by atoms with Gasteiger partial charge < -0.3 is 5.32 Å². The Labute approximate surface area is 180 Å². The summed E-state index contributed by atoms with van der Waals surface area (Å²) in [7, 11) is -3.79. The van der Waals surface area contributed by atoms with Crippen molar-refractivity contribution in [3.05, 3.63) is 71.0 Å². The second-order valence-corrected chi connectivity index (χ2v) is 9.76. The zero-order valence-electron chi connectivity index (χ0n) is 15.4. The molecule has 3 N–H and O–H groups in total. The van der Waals surface area contributed by atoms with Crippen molar-refractivity contribution in [2.75, 3.05) is 11.1 Å². The Kier molecular flexibility index (Phi) is 6.98. The summed E-state index contributed by atoms with van der Waals surface area (Å²) in [4.78, 5) is 28.6. The molecule has 156 valence electrons. The zero-order chi connectivity index (χ0) is 21.7. The summed E-state index contributed by atoms with van der Waals surface area (Å²) in [5.74, 6) is -0.705. The van der Waals surface area contributed by atoms with E-state index in [0.717, 1.165) is 0 Å². The van der Waals surface area contributed by atoms with Gasteiger partial charge in [-0.2, -0.15) is 0 Å². The lowest BCUT2D eigenvalue weighted by atomic mass is 10.1. The maximum atomic E-state index is 12.9. The lowest BCUT2D eigenvalue weighted by Gasteiger charge is -2.05. The van der Waals surface area contributed by atoms with Gasteiger partial charge in [-0.3, -0.25) is 9.59 Å². The first-order chi connectivity index (χ1) is 14.2. The Morgan fingerprint density at radius 2 is 1.77 bits per heavy atom. The van der Waals surface area contributed by atoms with Gasteiger partial charge in [0.25, 0.3) is 0 Å². The Morgan fingerprint density at radius 1 is 1.10 bits per heavy atom. The summed E-state index contributed by atoms with van der Waals surface area (Å²) >= 11 is 2.57. The number of thiazole rings is 1. The normalized spacial score (nSPS) is 11.3. The summed E-state index contributed by atoms with van der Waals surface area (Å²) in [5.41, 5.74) is 1.41. The fourth-order valence-electron chi connectivity index (χ4n) is 2.38. The van der Waals surface area contributed by atoms with Crippen molar-refractivity contribution in [3.8, 4) is 0 Å². The van der Waals surface area contributed by atoms with E-state index in [9.17, 15) is 22.4 Å². The number of Topliss-reactive ketones (excluding diaryl/α,β-unsaturated/α-hetero) is 1. The molecular formula is C19H16FN3O4S3. The average molecular weight is 466 g/mol. The van der Waals surface area contributed by atoms with Crippen LogP contribution in [0.25, 0.3) is 0 Å². The molecule has 0 radical (unpaired) electrons. The second kappa shape index (κ2) is 9.47. The third-order valence-electron chi connectivity index (χ3n) is 3.83. The van der Waals surface area contributed by atoms with Gasteiger partial charge in [-0.15, -0.1) is 11.3 Å². The molecule has 0 aliphatic rings. The highest BCUT2D eigenvalue weighted by Gasteiger charge is 2.12. The van der Waals surface area contributed by atoms with Crippen LogP contribution in [-0.4, -0.2) is 30.8 Å². The van der Waals surface area contributed by atoms with Crippen LogP contribution in [0.3, 0.4) is 0 Å². The van der Waals surface area contributed by atoms with Crippen molar-refractivity contribution in [1.82, 2.24) is 4.98 Å². The van der Waals surface area contributed by atoms with Crippen molar-refractivity contribution in [2.24, 2.45) is 5.14 Å². The molecule has 0 aliphatic carbocycles. The first-order valence-electron chi connectivity index (χ1n) is 8.49. The Bertz CT molecular complexity index is 1160. The number of hydrogen-bond donors (Lipinski definition) is 2. The Hall–Kier alpha value is -2.60. The molecule has 2 aromatic carbocycles. The SMILES string of the molecule is NS(=O)(=O)c1ccc(NC(=O)Cc2csc(SCC(=O)c3ccc(F)cc3)n2)cc1. The standard InChI is InChI=1S/C19H16FN3O4S3/c20-13-3-1-12(2-4-13)17(24)11-29-19-23-15(10-28-19)9-18(25)22-14-5-7-16(8-6-14)30(21,26)27/h1-8,10H,9,11H2,(H,22,25)(H2,21,26,27). The Morgan fingerprint density at radius 3 is 2.40 bits per heavy atom. The van der Waals surface area contributed by atoms with Crippen LogP contribution in [-0.2, 0) is 21.2 Å². The van der Waals surface area contributed by atoms with E-state index in [1.807, 2.05) is 0 Å². The molecule has 0 fully saturated rings. The van der Waals surface area contributed by atoms with Gasteiger partial charge in [0.2, 0.25) is 15.9 Å². The molecule has 1 amide bonds. The smallest absolute Gasteiger partial charge is 0.238 e. The third-order valence-corrected chi connectivity index (χ3v) is 6.83. The highest BCUT2D eigenvalue weighted by molar-refractivity contribution is 8.01. The van der Waals surface area contributed by atoms with E-state index in [1.165, 1.54) is 71.6 Å². The number of hydrogen-bond acceptors (Lipinski definition) is 7. The maximum absolute atomic E-state index is 12.9. The molecule has 7 nitrogen and oxygen atoms in total. The number of carbonyl (C=O) groups excluding carboxylic acids is 2. The van der Waals surface area contributed by atoms with Crippen LogP contribution >= 0.6 is 23.1 Å². The van der Waals surface area contributed by atoms with Crippen LogP contribution in [0.4, 0.5) is 10.1 Å². The van der Waals surface area contributed by atoms with E-state index >= 15 is 0 Å². The van der Waals surface area contributed by atoms with Crippen LogP contribution in [0.5, 0.6) is 0 Å². The molecule has 30 heavy (non-hydrogen) atoms. The van der Waals surface area contributed by atoms with Gasteiger partial charge in [0.15, 0.2) is 10.1 Å². The first-order valence-corrected chi connectivity index (χ1v) is 11.9.